The zero-order chi connectivity index (χ0) is 11.3. The van der Waals surface area contributed by atoms with Gasteiger partial charge in [0, 0.05) is 4.90 Å². The molecule has 1 rings (SSSR count). The SMILES string of the molecule is COC(=O)CSc1ccc(F)cc1C#N. The van der Waals surface area contributed by atoms with E-state index in [-0.39, 0.29) is 17.3 Å². The Bertz CT molecular complexity index is 414. The summed E-state index contributed by atoms with van der Waals surface area (Å²) < 4.78 is 17.2. The first-order valence-electron chi connectivity index (χ1n) is 4.06. The Labute approximate surface area is 90.8 Å². The van der Waals surface area contributed by atoms with Crippen molar-refractivity contribution < 1.29 is 13.9 Å². The van der Waals surface area contributed by atoms with E-state index in [4.69, 9.17) is 5.26 Å². The highest BCUT2D eigenvalue weighted by molar-refractivity contribution is 8.00. The third kappa shape index (κ3) is 3.26. The second kappa shape index (κ2) is 5.37. The lowest BCUT2D eigenvalue weighted by atomic mass is 10.2. The monoisotopic (exact) mass is 225 g/mol. The molecule has 0 aliphatic carbocycles. The van der Waals surface area contributed by atoms with Crippen LogP contribution in [-0.2, 0) is 9.53 Å². The molecule has 0 aliphatic heterocycles. The number of thioether (sulfide) groups is 1. The van der Waals surface area contributed by atoms with E-state index in [1.165, 1.54) is 19.2 Å². The van der Waals surface area contributed by atoms with Crippen LogP contribution < -0.4 is 0 Å². The van der Waals surface area contributed by atoms with Crippen LogP contribution in [0, 0.1) is 17.1 Å². The minimum Gasteiger partial charge on any atom is -0.468 e. The summed E-state index contributed by atoms with van der Waals surface area (Å²) in [5.41, 5.74) is 0.226. The molecule has 0 bridgehead atoms. The van der Waals surface area contributed by atoms with Crippen molar-refractivity contribution in [3.05, 3.63) is 29.6 Å². The first kappa shape index (κ1) is 11.5. The van der Waals surface area contributed by atoms with Gasteiger partial charge < -0.3 is 4.74 Å². The van der Waals surface area contributed by atoms with Gasteiger partial charge in [0.25, 0.3) is 0 Å². The second-order valence-electron chi connectivity index (χ2n) is 2.62. The molecule has 15 heavy (non-hydrogen) atoms. The van der Waals surface area contributed by atoms with Crippen LogP contribution in [0.5, 0.6) is 0 Å². The number of rotatable bonds is 3. The zero-order valence-corrected chi connectivity index (χ0v) is 8.81. The lowest BCUT2D eigenvalue weighted by Gasteiger charge is -2.02. The smallest absolute Gasteiger partial charge is 0.315 e. The number of carbonyl (C=O) groups is 1. The standard InChI is InChI=1S/C10H8FNO2S/c1-14-10(13)6-15-9-3-2-8(11)4-7(9)5-12/h2-4H,6H2,1H3. The molecule has 0 saturated heterocycles. The third-order valence-electron chi connectivity index (χ3n) is 1.64. The van der Waals surface area contributed by atoms with Gasteiger partial charge in [-0.15, -0.1) is 11.8 Å². The van der Waals surface area contributed by atoms with Crippen LogP contribution in [0.15, 0.2) is 23.1 Å². The zero-order valence-electron chi connectivity index (χ0n) is 7.99. The molecular formula is C10H8FNO2S. The van der Waals surface area contributed by atoms with E-state index in [9.17, 15) is 9.18 Å². The fraction of sp³-hybridized carbons (Fsp3) is 0.200. The topological polar surface area (TPSA) is 50.1 Å². The third-order valence-corrected chi connectivity index (χ3v) is 2.68. The van der Waals surface area contributed by atoms with Crippen molar-refractivity contribution in [2.45, 2.75) is 4.90 Å². The number of hydrogen-bond acceptors (Lipinski definition) is 4. The van der Waals surface area contributed by atoms with Crippen molar-refractivity contribution in [1.82, 2.24) is 0 Å². The number of hydrogen-bond donors (Lipinski definition) is 0. The van der Waals surface area contributed by atoms with E-state index in [1.807, 2.05) is 6.07 Å². The summed E-state index contributed by atoms with van der Waals surface area (Å²) in [5.74, 6) is -0.737. The number of ether oxygens (including phenoxy) is 1. The molecule has 0 radical (unpaired) electrons. The molecule has 0 N–H and O–H groups in total. The van der Waals surface area contributed by atoms with Gasteiger partial charge in [0.1, 0.15) is 11.9 Å². The van der Waals surface area contributed by atoms with Gasteiger partial charge in [0.05, 0.1) is 18.4 Å². The number of halogens is 1. The molecule has 5 heteroatoms. The maximum Gasteiger partial charge on any atom is 0.315 e. The predicted octanol–water partition coefficient (Wildman–Crippen LogP) is 1.96. The first-order chi connectivity index (χ1) is 7.17. The van der Waals surface area contributed by atoms with Gasteiger partial charge in [-0.3, -0.25) is 4.79 Å². The minimum atomic E-state index is -0.464. The molecule has 0 fully saturated rings. The molecule has 0 unspecified atom stereocenters. The van der Waals surface area contributed by atoms with Crippen LogP contribution in [0.1, 0.15) is 5.56 Å². The quantitative estimate of drug-likeness (QED) is 0.583. The summed E-state index contributed by atoms with van der Waals surface area (Å²) in [6.45, 7) is 0. The molecule has 0 atom stereocenters. The van der Waals surface area contributed by atoms with Crippen LogP contribution in [0.2, 0.25) is 0 Å². The largest absolute Gasteiger partial charge is 0.468 e. The number of benzene rings is 1. The fourth-order valence-electron chi connectivity index (χ4n) is 0.911. The van der Waals surface area contributed by atoms with Crippen LogP contribution in [0.3, 0.4) is 0 Å². The van der Waals surface area contributed by atoms with E-state index in [0.29, 0.717) is 4.90 Å². The van der Waals surface area contributed by atoms with Crippen molar-refractivity contribution >= 4 is 17.7 Å². The Morgan fingerprint density at radius 2 is 2.40 bits per heavy atom. The average Bonchev–Trinajstić information content (AvgIpc) is 2.26. The van der Waals surface area contributed by atoms with Gasteiger partial charge >= 0.3 is 5.97 Å². The molecule has 0 aromatic heterocycles. The summed E-state index contributed by atoms with van der Waals surface area (Å²) in [7, 11) is 1.29. The Hall–Kier alpha value is -1.54. The highest BCUT2D eigenvalue weighted by Gasteiger charge is 2.07. The Morgan fingerprint density at radius 1 is 1.67 bits per heavy atom. The number of esters is 1. The highest BCUT2D eigenvalue weighted by atomic mass is 32.2. The Morgan fingerprint density at radius 3 is 3.00 bits per heavy atom. The van der Waals surface area contributed by atoms with E-state index < -0.39 is 5.82 Å². The minimum absolute atomic E-state index is 0.108. The van der Waals surface area contributed by atoms with Crippen molar-refractivity contribution in [2.75, 3.05) is 12.9 Å². The number of nitriles is 1. The molecule has 0 spiro atoms. The molecule has 1 aromatic carbocycles. The first-order valence-corrected chi connectivity index (χ1v) is 5.05. The number of methoxy groups -OCH3 is 1. The molecule has 78 valence electrons. The van der Waals surface area contributed by atoms with E-state index in [2.05, 4.69) is 4.74 Å². The predicted molar refractivity (Wildman–Crippen MR) is 53.9 cm³/mol. The van der Waals surface area contributed by atoms with Crippen LogP contribution in [-0.4, -0.2) is 18.8 Å². The number of carbonyl (C=O) groups excluding carboxylic acids is 1. The van der Waals surface area contributed by atoms with Crippen LogP contribution in [0.25, 0.3) is 0 Å². The summed E-state index contributed by atoms with van der Waals surface area (Å²) >= 11 is 1.15. The van der Waals surface area contributed by atoms with Crippen LogP contribution in [0.4, 0.5) is 4.39 Å². The summed E-state index contributed by atoms with van der Waals surface area (Å²) in [6.07, 6.45) is 0. The maximum absolute atomic E-state index is 12.7. The van der Waals surface area contributed by atoms with E-state index in [0.717, 1.165) is 17.8 Å². The Kier molecular flexibility index (Phi) is 4.13. The lowest BCUT2D eigenvalue weighted by Crippen LogP contribution is -2.03. The summed E-state index contributed by atoms with van der Waals surface area (Å²) in [5, 5.41) is 8.72. The maximum atomic E-state index is 12.7. The van der Waals surface area contributed by atoms with E-state index >= 15 is 0 Å². The van der Waals surface area contributed by atoms with Gasteiger partial charge in [-0.2, -0.15) is 5.26 Å². The van der Waals surface area contributed by atoms with Gasteiger partial charge in [0.15, 0.2) is 0 Å². The lowest BCUT2D eigenvalue weighted by molar-refractivity contribution is -0.137. The van der Waals surface area contributed by atoms with Crippen molar-refractivity contribution in [3.63, 3.8) is 0 Å². The van der Waals surface area contributed by atoms with Crippen molar-refractivity contribution in [2.24, 2.45) is 0 Å². The van der Waals surface area contributed by atoms with Crippen LogP contribution >= 0.6 is 11.8 Å². The Balaban J connectivity index is 2.77. The van der Waals surface area contributed by atoms with Crippen molar-refractivity contribution in [3.8, 4) is 6.07 Å². The van der Waals surface area contributed by atoms with Gasteiger partial charge in [0.2, 0.25) is 0 Å². The summed E-state index contributed by atoms with van der Waals surface area (Å²) in [6, 6.07) is 5.73. The molecule has 0 heterocycles. The number of nitrogens with zero attached hydrogens (tertiary/aromatic N) is 1. The second-order valence-corrected chi connectivity index (χ2v) is 3.63. The van der Waals surface area contributed by atoms with Gasteiger partial charge in [-0.05, 0) is 18.2 Å². The normalized spacial score (nSPS) is 9.40. The highest BCUT2D eigenvalue weighted by Crippen LogP contribution is 2.22. The molecule has 0 amide bonds. The fourth-order valence-corrected chi connectivity index (χ4v) is 1.73. The molecule has 3 nitrogen and oxygen atoms in total. The van der Waals surface area contributed by atoms with Gasteiger partial charge in [-0.25, -0.2) is 4.39 Å². The molecule has 1 aromatic rings. The molecular weight excluding hydrogens is 217 g/mol. The van der Waals surface area contributed by atoms with E-state index in [1.54, 1.807) is 0 Å². The average molecular weight is 225 g/mol. The van der Waals surface area contributed by atoms with Gasteiger partial charge in [-0.1, -0.05) is 0 Å². The molecule has 0 saturated carbocycles. The summed E-state index contributed by atoms with van der Waals surface area (Å²) in [4.78, 5) is 11.4. The van der Waals surface area contributed by atoms with Crippen molar-refractivity contribution in [1.29, 1.82) is 5.26 Å². The molecule has 0 aliphatic rings.